The van der Waals surface area contributed by atoms with Gasteiger partial charge < -0.3 is 15.4 Å². The van der Waals surface area contributed by atoms with Crippen LogP contribution >= 0.6 is 11.3 Å². The van der Waals surface area contributed by atoms with Crippen molar-refractivity contribution < 1.29 is 4.74 Å². The first-order chi connectivity index (χ1) is 8.29. The van der Waals surface area contributed by atoms with Gasteiger partial charge in [-0.3, -0.25) is 0 Å². The van der Waals surface area contributed by atoms with Crippen LogP contribution < -0.4 is 5.73 Å². The van der Waals surface area contributed by atoms with Crippen molar-refractivity contribution in [1.82, 2.24) is 9.88 Å². The van der Waals surface area contributed by atoms with E-state index in [0.29, 0.717) is 19.2 Å². The highest BCUT2D eigenvalue weighted by molar-refractivity contribution is 7.09. The van der Waals surface area contributed by atoms with E-state index in [1.54, 1.807) is 11.3 Å². The number of hydrogen-bond donors (Lipinski definition) is 1. The van der Waals surface area contributed by atoms with Gasteiger partial charge in [-0.25, -0.2) is 4.98 Å². The van der Waals surface area contributed by atoms with Crippen LogP contribution in [-0.4, -0.2) is 36.1 Å². The molecule has 1 aromatic rings. The zero-order chi connectivity index (χ0) is 12.1. The van der Waals surface area contributed by atoms with E-state index in [9.17, 15) is 0 Å². The molecule has 1 unspecified atom stereocenters. The first-order valence-electron chi connectivity index (χ1n) is 6.21. The molecule has 0 aliphatic carbocycles. The van der Waals surface area contributed by atoms with Crippen LogP contribution in [0.25, 0.3) is 0 Å². The number of piperidine rings is 1. The number of thiazole rings is 1. The smallest absolute Gasteiger partial charge is 0.107 e. The fraction of sp³-hybridized carbons (Fsp3) is 0.750. The molecule has 1 aliphatic rings. The Balaban J connectivity index is 1.71. The van der Waals surface area contributed by atoms with Crippen LogP contribution in [0.1, 0.15) is 30.0 Å². The van der Waals surface area contributed by atoms with Gasteiger partial charge in [0.25, 0.3) is 0 Å². The van der Waals surface area contributed by atoms with Gasteiger partial charge >= 0.3 is 0 Å². The molecule has 2 heterocycles. The lowest BCUT2D eigenvalue weighted by atomic mass is 10.0. The Morgan fingerprint density at radius 2 is 2.47 bits per heavy atom. The lowest BCUT2D eigenvalue weighted by Gasteiger charge is -2.32. The van der Waals surface area contributed by atoms with Crippen LogP contribution in [0, 0.1) is 0 Å². The van der Waals surface area contributed by atoms with Crippen molar-refractivity contribution in [1.29, 1.82) is 0 Å². The summed E-state index contributed by atoms with van der Waals surface area (Å²) in [4.78, 5) is 6.78. The van der Waals surface area contributed by atoms with Crippen LogP contribution in [-0.2, 0) is 17.9 Å². The molecule has 0 amide bonds. The van der Waals surface area contributed by atoms with Gasteiger partial charge in [-0.1, -0.05) is 6.42 Å². The van der Waals surface area contributed by atoms with E-state index in [4.69, 9.17) is 10.5 Å². The van der Waals surface area contributed by atoms with Crippen LogP contribution in [0.4, 0.5) is 0 Å². The average molecular weight is 255 g/mol. The quantitative estimate of drug-likeness (QED) is 0.868. The summed E-state index contributed by atoms with van der Waals surface area (Å²) in [7, 11) is 2.18. The highest BCUT2D eigenvalue weighted by Crippen LogP contribution is 2.16. The molecule has 2 N–H and O–H groups in total. The van der Waals surface area contributed by atoms with Crippen LogP contribution in [0.5, 0.6) is 0 Å². The first-order valence-corrected chi connectivity index (χ1v) is 7.09. The zero-order valence-electron chi connectivity index (χ0n) is 10.4. The number of hydrogen-bond acceptors (Lipinski definition) is 5. The van der Waals surface area contributed by atoms with E-state index >= 15 is 0 Å². The summed E-state index contributed by atoms with van der Waals surface area (Å²) < 4.78 is 5.75. The van der Waals surface area contributed by atoms with Gasteiger partial charge in [0.2, 0.25) is 0 Å². The van der Waals surface area contributed by atoms with Crippen molar-refractivity contribution in [2.45, 2.75) is 38.5 Å². The van der Waals surface area contributed by atoms with Gasteiger partial charge in [0.05, 0.1) is 18.9 Å². The molecule has 0 radical (unpaired) electrons. The first kappa shape index (κ1) is 13.0. The molecule has 4 nitrogen and oxygen atoms in total. The molecule has 96 valence electrons. The maximum absolute atomic E-state index is 5.75. The zero-order valence-corrected chi connectivity index (χ0v) is 11.2. The average Bonchev–Trinajstić information content (AvgIpc) is 2.80. The third-order valence-electron chi connectivity index (χ3n) is 3.26. The second-order valence-corrected chi connectivity index (χ2v) is 5.52. The van der Waals surface area contributed by atoms with Crippen molar-refractivity contribution in [3.05, 3.63) is 16.1 Å². The van der Waals surface area contributed by atoms with Crippen molar-refractivity contribution >= 4 is 11.3 Å². The van der Waals surface area contributed by atoms with Gasteiger partial charge in [0.15, 0.2) is 0 Å². The molecule has 0 saturated carbocycles. The lowest BCUT2D eigenvalue weighted by Crippen LogP contribution is -2.39. The minimum Gasteiger partial charge on any atom is -0.374 e. The summed E-state index contributed by atoms with van der Waals surface area (Å²) in [5, 5.41) is 3.02. The summed E-state index contributed by atoms with van der Waals surface area (Å²) in [6.07, 6.45) is 3.90. The SMILES string of the molecule is CN1CCCCC1COCc1csc(CN)n1. The van der Waals surface area contributed by atoms with E-state index in [1.165, 1.54) is 25.8 Å². The molecule has 1 fully saturated rings. The molecule has 0 spiro atoms. The molecule has 17 heavy (non-hydrogen) atoms. The lowest BCUT2D eigenvalue weighted by molar-refractivity contribution is 0.0432. The van der Waals surface area contributed by atoms with Crippen molar-refractivity contribution in [2.24, 2.45) is 5.73 Å². The molecule has 1 aliphatic heterocycles. The van der Waals surface area contributed by atoms with Crippen molar-refractivity contribution in [2.75, 3.05) is 20.2 Å². The summed E-state index contributed by atoms with van der Waals surface area (Å²) >= 11 is 1.61. The monoisotopic (exact) mass is 255 g/mol. The fourth-order valence-electron chi connectivity index (χ4n) is 2.16. The topological polar surface area (TPSA) is 51.4 Å². The molecule has 5 heteroatoms. The Morgan fingerprint density at radius 1 is 1.59 bits per heavy atom. The van der Waals surface area contributed by atoms with Gasteiger partial charge in [-0.15, -0.1) is 11.3 Å². The summed E-state index contributed by atoms with van der Waals surface area (Å²) in [6.45, 7) is 3.14. The Hall–Kier alpha value is -0.490. The predicted molar refractivity (Wildman–Crippen MR) is 69.9 cm³/mol. The van der Waals surface area contributed by atoms with E-state index < -0.39 is 0 Å². The summed E-state index contributed by atoms with van der Waals surface area (Å²) in [5.41, 5.74) is 6.54. The van der Waals surface area contributed by atoms with E-state index in [0.717, 1.165) is 17.3 Å². The highest BCUT2D eigenvalue weighted by atomic mass is 32.1. The van der Waals surface area contributed by atoms with Crippen LogP contribution in [0.3, 0.4) is 0 Å². The Bertz CT molecular complexity index is 342. The molecule has 1 atom stereocenters. The highest BCUT2D eigenvalue weighted by Gasteiger charge is 2.18. The van der Waals surface area contributed by atoms with Crippen molar-refractivity contribution in [3.63, 3.8) is 0 Å². The Kier molecular flexibility index (Phi) is 4.91. The third-order valence-corrected chi connectivity index (χ3v) is 4.18. The predicted octanol–water partition coefficient (Wildman–Crippen LogP) is 1.60. The van der Waals surface area contributed by atoms with E-state index in [2.05, 4.69) is 16.9 Å². The van der Waals surface area contributed by atoms with Gasteiger partial charge in [0, 0.05) is 18.0 Å². The molecule has 0 bridgehead atoms. The normalized spacial score (nSPS) is 21.9. The maximum Gasteiger partial charge on any atom is 0.107 e. The number of rotatable bonds is 5. The standard InChI is InChI=1S/C12H21N3OS/c1-15-5-3-2-4-11(15)8-16-7-10-9-17-12(6-13)14-10/h9,11H,2-8,13H2,1H3. The number of nitrogens with zero attached hydrogens (tertiary/aromatic N) is 2. The van der Waals surface area contributed by atoms with Crippen LogP contribution in [0.15, 0.2) is 5.38 Å². The fourth-order valence-corrected chi connectivity index (χ4v) is 2.82. The van der Waals surface area contributed by atoms with E-state index in [1.807, 2.05) is 5.38 Å². The van der Waals surface area contributed by atoms with Crippen molar-refractivity contribution in [3.8, 4) is 0 Å². The minimum absolute atomic E-state index is 0.524. The number of nitrogens with two attached hydrogens (primary N) is 1. The summed E-state index contributed by atoms with van der Waals surface area (Å²) in [6, 6.07) is 0.580. The summed E-state index contributed by atoms with van der Waals surface area (Å²) in [5.74, 6) is 0. The Morgan fingerprint density at radius 3 is 3.18 bits per heavy atom. The molecular weight excluding hydrogens is 234 g/mol. The second-order valence-electron chi connectivity index (χ2n) is 4.58. The largest absolute Gasteiger partial charge is 0.374 e. The number of likely N-dealkylation sites (N-methyl/N-ethyl adjacent to an activating group) is 1. The maximum atomic E-state index is 5.75. The molecule has 1 aromatic heterocycles. The number of ether oxygens (including phenoxy) is 1. The Labute approximate surface area is 107 Å². The van der Waals surface area contributed by atoms with Gasteiger partial charge in [-0.2, -0.15) is 0 Å². The third kappa shape index (κ3) is 3.74. The molecule has 1 saturated heterocycles. The second kappa shape index (κ2) is 6.44. The van der Waals surface area contributed by atoms with Gasteiger partial charge in [-0.05, 0) is 26.4 Å². The molecular formula is C12H21N3OS. The van der Waals surface area contributed by atoms with Crippen LogP contribution in [0.2, 0.25) is 0 Å². The molecule has 0 aromatic carbocycles. The number of likely N-dealkylation sites (tertiary alicyclic amines) is 1. The molecule has 2 rings (SSSR count). The van der Waals surface area contributed by atoms with Gasteiger partial charge in [0.1, 0.15) is 5.01 Å². The van der Waals surface area contributed by atoms with E-state index in [-0.39, 0.29) is 0 Å². The number of aromatic nitrogens is 1. The minimum atomic E-state index is 0.524.